The molecule has 0 unspecified atom stereocenters. The van der Waals surface area contributed by atoms with Gasteiger partial charge in [-0.05, 0) is 18.5 Å². The second-order valence-corrected chi connectivity index (χ2v) is 0.750. The molecule has 0 fully saturated rings. The molecular formula is C7H10O9Re2-8. The van der Waals surface area contributed by atoms with E-state index in [-0.39, 0.29) is 40.8 Å². The SMILES string of the molecule is O=C([O-])[O-].O=C([O-])[O-].O=C([O-])[O-].[CH2-]C.[CH2-]C.[Re].[Re]. The summed E-state index contributed by atoms with van der Waals surface area (Å²) in [6.45, 7) is 10.0. The van der Waals surface area contributed by atoms with Crippen LogP contribution in [0.15, 0.2) is 0 Å². The molecule has 0 aromatic heterocycles. The molecule has 0 aromatic rings. The van der Waals surface area contributed by atoms with Crippen LogP contribution in [0.1, 0.15) is 13.8 Å². The Morgan fingerprint density at radius 3 is 0.556 bits per heavy atom. The maximum Gasteiger partial charge on any atom is 0 e. The van der Waals surface area contributed by atoms with Gasteiger partial charge < -0.3 is 58.9 Å². The van der Waals surface area contributed by atoms with E-state index in [1.807, 2.05) is 0 Å². The predicted octanol–water partition coefficient (Wildman–Crippen LogP) is -5.67. The molecule has 0 aromatic carbocycles. The number of rotatable bonds is 0. The van der Waals surface area contributed by atoms with Crippen molar-refractivity contribution in [1.29, 1.82) is 0 Å². The van der Waals surface area contributed by atoms with Gasteiger partial charge in [0.15, 0.2) is 0 Å². The second kappa shape index (κ2) is 55.9. The summed E-state index contributed by atoms with van der Waals surface area (Å²) in [7, 11) is 0. The van der Waals surface area contributed by atoms with Crippen molar-refractivity contribution in [3.8, 4) is 0 Å². The molecule has 114 valence electrons. The van der Waals surface area contributed by atoms with Gasteiger partial charge in [-0.15, -0.1) is 0 Å². The average Bonchev–Trinajstić information content (AvgIpc) is 2.07. The van der Waals surface area contributed by atoms with Crippen molar-refractivity contribution in [2.45, 2.75) is 13.8 Å². The fraction of sp³-hybridized carbons (Fsp3) is 0.286. The number of hydrogen-bond donors (Lipinski definition) is 0. The zero-order valence-corrected chi connectivity index (χ0v) is 14.8. The van der Waals surface area contributed by atoms with Gasteiger partial charge in [-0.2, -0.15) is 13.8 Å². The summed E-state index contributed by atoms with van der Waals surface area (Å²) in [4.78, 5) is 25.0. The smallest absolute Gasteiger partial charge is 0 e. The van der Waals surface area contributed by atoms with Crippen LogP contribution in [0, 0.1) is 13.8 Å². The molecule has 0 aliphatic heterocycles. The first kappa shape index (κ1) is 43.4. The van der Waals surface area contributed by atoms with E-state index in [0.717, 1.165) is 0 Å². The molecule has 9 nitrogen and oxygen atoms in total. The third-order valence-corrected chi connectivity index (χ3v) is 0. The average molecular weight is 611 g/mol. The van der Waals surface area contributed by atoms with E-state index in [1.54, 1.807) is 13.8 Å². The van der Waals surface area contributed by atoms with Gasteiger partial charge in [0.2, 0.25) is 0 Å². The van der Waals surface area contributed by atoms with Gasteiger partial charge in [-0.25, -0.2) is 0 Å². The summed E-state index contributed by atoms with van der Waals surface area (Å²) in [5.74, 6) is 0. The van der Waals surface area contributed by atoms with E-state index in [9.17, 15) is 0 Å². The van der Waals surface area contributed by atoms with Gasteiger partial charge in [-0.3, -0.25) is 0 Å². The molecule has 11 heteroatoms. The van der Waals surface area contributed by atoms with Crippen molar-refractivity contribution in [1.82, 2.24) is 0 Å². The number of carbonyl (C=O) groups is 3. The molecule has 0 saturated carbocycles. The van der Waals surface area contributed by atoms with E-state index in [0.29, 0.717) is 0 Å². The molecule has 0 N–H and O–H groups in total. The Morgan fingerprint density at radius 2 is 0.556 bits per heavy atom. The maximum absolute atomic E-state index is 8.33. The second-order valence-electron chi connectivity index (χ2n) is 0.750. The van der Waals surface area contributed by atoms with Crippen molar-refractivity contribution in [2.24, 2.45) is 0 Å². The van der Waals surface area contributed by atoms with Crippen molar-refractivity contribution < 1.29 is 85.9 Å². The quantitative estimate of drug-likeness (QED) is 0.241. The van der Waals surface area contributed by atoms with E-state index >= 15 is 0 Å². The Morgan fingerprint density at radius 1 is 0.556 bits per heavy atom. The molecule has 0 bridgehead atoms. The monoisotopic (exact) mass is 612 g/mol. The molecular weight excluding hydrogens is 600 g/mol. The van der Waals surface area contributed by atoms with Crippen LogP contribution in [0.2, 0.25) is 0 Å². The van der Waals surface area contributed by atoms with Gasteiger partial charge >= 0.3 is 0 Å². The van der Waals surface area contributed by atoms with E-state index in [2.05, 4.69) is 13.8 Å². The van der Waals surface area contributed by atoms with Crippen molar-refractivity contribution in [3.63, 3.8) is 0 Å². The first-order valence-electron chi connectivity index (χ1n) is 3.25. The zero-order valence-electron chi connectivity index (χ0n) is 9.34. The van der Waals surface area contributed by atoms with E-state index in [1.165, 1.54) is 0 Å². The molecule has 0 aliphatic rings. The van der Waals surface area contributed by atoms with Crippen LogP contribution in [0.4, 0.5) is 14.4 Å². The number of hydrogen-bond acceptors (Lipinski definition) is 9. The van der Waals surface area contributed by atoms with Gasteiger partial charge in [0.25, 0.3) is 0 Å². The normalized spacial score (nSPS) is 4.67. The van der Waals surface area contributed by atoms with Crippen LogP contribution in [0.25, 0.3) is 0 Å². The summed E-state index contributed by atoms with van der Waals surface area (Å²) < 4.78 is 0. The first-order valence-corrected chi connectivity index (χ1v) is 3.25. The minimum absolute atomic E-state index is 0. The summed E-state index contributed by atoms with van der Waals surface area (Å²) in [6, 6.07) is 0. The van der Waals surface area contributed by atoms with E-state index in [4.69, 9.17) is 45.0 Å². The zero-order chi connectivity index (χ0) is 14.7. The Kier molecular flexibility index (Phi) is 135. The molecule has 0 rings (SSSR count). The topological polar surface area (TPSA) is 190 Å². The van der Waals surface area contributed by atoms with Gasteiger partial charge in [0.1, 0.15) is 0 Å². The molecule has 0 saturated heterocycles. The van der Waals surface area contributed by atoms with Crippen LogP contribution >= 0.6 is 0 Å². The maximum atomic E-state index is 8.33. The fourth-order valence-corrected chi connectivity index (χ4v) is 0. The first-order chi connectivity index (χ1) is 7.20. The minimum atomic E-state index is -2.33. The van der Waals surface area contributed by atoms with Crippen LogP contribution < -0.4 is 30.6 Å². The van der Waals surface area contributed by atoms with Crippen molar-refractivity contribution in [2.75, 3.05) is 0 Å². The number of carboxylic acid groups (broad SMARTS) is 6. The molecule has 0 aliphatic carbocycles. The van der Waals surface area contributed by atoms with Crippen molar-refractivity contribution >= 4 is 18.5 Å². The molecule has 0 heterocycles. The van der Waals surface area contributed by atoms with Crippen LogP contribution in [-0.4, -0.2) is 18.5 Å². The Balaban J connectivity index is -0.0000000169. The molecule has 0 amide bonds. The van der Waals surface area contributed by atoms with Gasteiger partial charge in [0.05, 0.1) is 0 Å². The Hall–Kier alpha value is -0.865. The standard InChI is InChI=1S/2C2H5.3CH2O3.2Re/c2*1-2;3*2-1(3)4;;/h2*1H2,2H3;3*(H2,2,3,4);;/q2*-1;;;;;/p-6. The molecule has 0 spiro atoms. The van der Waals surface area contributed by atoms with Gasteiger partial charge in [0, 0.05) is 40.8 Å². The minimum Gasteiger partial charge on any atom is -0.652 e. The summed E-state index contributed by atoms with van der Waals surface area (Å²) in [5.41, 5.74) is 0. The summed E-state index contributed by atoms with van der Waals surface area (Å²) in [5, 5.41) is 50.0. The largest absolute Gasteiger partial charge is 0.652 e. The fourth-order valence-electron chi connectivity index (χ4n) is 0. The third kappa shape index (κ3) is 4040. The summed E-state index contributed by atoms with van der Waals surface area (Å²) >= 11 is 0. The molecule has 2 radical (unpaired) electrons. The Labute approximate surface area is 132 Å². The molecule has 18 heavy (non-hydrogen) atoms. The van der Waals surface area contributed by atoms with E-state index < -0.39 is 18.5 Å². The van der Waals surface area contributed by atoms with Gasteiger partial charge in [-0.1, -0.05) is 0 Å². The molecule has 0 atom stereocenters. The Bertz CT molecular complexity index is 122. The third-order valence-electron chi connectivity index (χ3n) is 0. The predicted molar refractivity (Wildman–Crippen MR) is 38.2 cm³/mol. The van der Waals surface area contributed by atoms with Crippen LogP contribution in [-0.2, 0) is 40.8 Å². The summed E-state index contributed by atoms with van der Waals surface area (Å²) in [6.07, 6.45) is -7.00. The van der Waals surface area contributed by atoms with Crippen LogP contribution in [0.5, 0.6) is 0 Å². The number of carbonyl (C=O) groups excluding carboxylic acids is 3. The van der Waals surface area contributed by atoms with Crippen molar-refractivity contribution in [3.05, 3.63) is 13.8 Å². The van der Waals surface area contributed by atoms with Crippen LogP contribution in [0.3, 0.4) is 0 Å².